The average Bonchev–Trinajstić information content (AvgIpc) is 3.33. The number of carbonyl (C=O) groups is 2. The van der Waals surface area contributed by atoms with E-state index in [1.54, 1.807) is 38.1 Å². The van der Waals surface area contributed by atoms with Crippen LogP contribution in [0.5, 0.6) is 17.2 Å². The van der Waals surface area contributed by atoms with Crippen LogP contribution in [-0.4, -0.2) is 41.4 Å². The van der Waals surface area contributed by atoms with E-state index >= 15 is 0 Å². The zero-order valence-electron chi connectivity index (χ0n) is 26.4. The van der Waals surface area contributed by atoms with Crippen molar-refractivity contribution >= 4 is 51.9 Å². The molecule has 0 saturated heterocycles. The standard InChI is InChI=1S/C35H33IN2O8S/c1-6-44-34(42)29-20(4)37-35-38(30(29)24-9-7-8-10-26(24)46-19(2)3)32(39)28(47-35)17-22-15-25(36)31(27(16-22)43-5)45-18-21-11-13-23(14-12-21)33(40)41/h7-17,19,30H,6,18H2,1-5H3,(H,40,41)/b28-17+/t30-/m1/s1. The highest BCUT2D eigenvalue weighted by atomic mass is 127. The molecule has 0 unspecified atom stereocenters. The average molecular weight is 769 g/mol. The highest BCUT2D eigenvalue weighted by Crippen LogP contribution is 2.37. The van der Waals surface area contributed by atoms with Gasteiger partial charge in [0, 0.05) is 5.56 Å². The first kappa shape index (κ1) is 33.9. The minimum atomic E-state index is -0.994. The van der Waals surface area contributed by atoms with Gasteiger partial charge < -0.3 is 24.1 Å². The largest absolute Gasteiger partial charge is 0.493 e. The maximum Gasteiger partial charge on any atom is 0.338 e. The number of carboxylic acids is 1. The van der Waals surface area contributed by atoms with E-state index in [2.05, 4.69) is 27.6 Å². The molecule has 5 rings (SSSR count). The van der Waals surface area contributed by atoms with Crippen LogP contribution < -0.4 is 29.1 Å². The number of hydrogen-bond donors (Lipinski definition) is 1. The smallest absolute Gasteiger partial charge is 0.338 e. The molecule has 2 heterocycles. The van der Waals surface area contributed by atoms with Crippen molar-refractivity contribution in [2.24, 2.45) is 4.99 Å². The lowest BCUT2D eigenvalue weighted by Crippen LogP contribution is -2.40. The maximum atomic E-state index is 14.2. The Morgan fingerprint density at radius 1 is 1.11 bits per heavy atom. The number of ether oxygens (including phenoxy) is 4. The topological polar surface area (TPSA) is 126 Å². The molecule has 4 aromatic rings. The van der Waals surface area contributed by atoms with Crippen molar-refractivity contribution in [1.29, 1.82) is 0 Å². The number of benzene rings is 3. The summed E-state index contributed by atoms with van der Waals surface area (Å²) in [6.07, 6.45) is 1.63. The number of esters is 1. The van der Waals surface area contributed by atoms with E-state index in [1.165, 1.54) is 35.1 Å². The van der Waals surface area contributed by atoms with Gasteiger partial charge in [-0.25, -0.2) is 14.6 Å². The third kappa shape index (κ3) is 7.28. The van der Waals surface area contributed by atoms with Crippen molar-refractivity contribution in [2.75, 3.05) is 13.7 Å². The van der Waals surface area contributed by atoms with Crippen molar-refractivity contribution < 1.29 is 33.6 Å². The molecule has 47 heavy (non-hydrogen) atoms. The summed E-state index contributed by atoms with van der Waals surface area (Å²) in [5.41, 5.74) is 2.79. The maximum absolute atomic E-state index is 14.2. The summed E-state index contributed by atoms with van der Waals surface area (Å²) in [5.74, 6) is 0.0137. The number of aromatic carboxylic acids is 1. The zero-order chi connectivity index (χ0) is 33.8. The second-order valence-electron chi connectivity index (χ2n) is 10.8. The van der Waals surface area contributed by atoms with Gasteiger partial charge in [-0.05, 0) is 97.8 Å². The summed E-state index contributed by atoms with van der Waals surface area (Å²) in [6.45, 7) is 7.69. The molecule has 0 bridgehead atoms. The molecule has 0 saturated carbocycles. The first-order chi connectivity index (χ1) is 22.5. The van der Waals surface area contributed by atoms with Gasteiger partial charge in [0.15, 0.2) is 16.3 Å². The van der Waals surface area contributed by atoms with Gasteiger partial charge in [0.25, 0.3) is 5.56 Å². The molecule has 0 fully saturated rings. The molecular weight excluding hydrogens is 735 g/mol. The van der Waals surface area contributed by atoms with Gasteiger partial charge in [-0.3, -0.25) is 9.36 Å². The number of aromatic nitrogens is 1. The van der Waals surface area contributed by atoms with Crippen LogP contribution in [-0.2, 0) is 16.1 Å². The van der Waals surface area contributed by atoms with E-state index in [-0.39, 0.29) is 36.0 Å². The third-order valence-corrected chi connectivity index (χ3v) is 9.01. The Bertz CT molecular complexity index is 2050. The van der Waals surface area contributed by atoms with Crippen molar-refractivity contribution in [3.8, 4) is 17.2 Å². The van der Waals surface area contributed by atoms with Crippen molar-refractivity contribution in [2.45, 2.75) is 46.4 Å². The van der Waals surface area contributed by atoms with Gasteiger partial charge in [-0.1, -0.05) is 41.7 Å². The van der Waals surface area contributed by atoms with Gasteiger partial charge >= 0.3 is 11.9 Å². The molecule has 1 atom stereocenters. The second kappa shape index (κ2) is 14.6. The van der Waals surface area contributed by atoms with Crippen LogP contribution in [0.4, 0.5) is 0 Å². The highest BCUT2D eigenvalue weighted by Gasteiger charge is 2.35. The van der Waals surface area contributed by atoms with Crippen LogP contribution >= 0.6 is 33.9 Å². The quantitative estimate of drug-likeness (QED) is 0.157. The van der Waals surface area contributed by atoms with Crippen LogP contribution in [0.15, 0.2) is 81.7 Å². The Hall–Kier alpha value is -4.43. The van der Waals surface area contributed by atoms with Crippen LogP contribution in [0.2, 0.25) is 0 Å². The van der Waals surface area contributed by atoms with E-state index in [0.717, 1.165) is 9.13 Å². The van der Waals surface area contributed by atoms with Crippen molar-refractivity contribution in [3.63, 3.8) is 0 Å². The van der Waals surface area contributed by atoms with E-state index < -0.39 is 18.0 Å². The van der Waals surface area contributed by atoms with Gasteiger partial charge in [0.2, 0.25) is 0 Å². The minimum absolute atomic E-state index is 0.134. The summed E-state index contributed by atoms with van der Waals surface area (Å²) < 4.78 is 26.0. The van der Waals surface area contributed by atoms with E-state index in [1.807, 2.05) is 44.2 Å². The Morgan fingerprint density at radius 3 is 2.49 bits per heavy atom. The first-order valence-electron chi connectivity index (χ1n) is 14.8. The molecule has 0 aliphatic carbocycles. The number of rotatable bonds is 11. The summed E-state index contributed by atoms with van der Waals surface area (Å²) in [4.78, 5) is 43.8. The number of hydrogen-bond acceptors (Lipinski definition) is 9. The lowest BCUT2D eigenvalue weighted by atomic mass is 9.95. The SMILES string of the molecule is CCOC(=O)C1=C(C)N=c2s/c(=C/c3cc(I)c(OCc4ccc(C(=O)O)cc4)c(OC)c3)c(=O)n2[C@@H]1c1ccccc1OC(C)C. The predicted molar refractivity (Wildman–Crippen MR) is 186 cm³/mol. The summed E-state index contributed by atoms with van der Waals surface area (Å²) in [7, 11) is 1.54. The molecule has 12 heteroatoms. The number of methoxy groups -OCH3 is 1. The fraction of sp³-hybridized carbons (Fsp3) is 0.257. The van der Waals surface area contributed by atoms with Crippen LogP contribution in [0.1, 0.15) is 60.8 Å². The number of para-hydroxylation sites is 1. The molecular formula is C35H33IN2O8S. The zero-order valence-corrected chi connectivity index (χ0v) is 29.4. The molecule has 10 nitrogen and oxygen atoms in total. The Morgan fingerprint density at radius 2 is 1.83 bits per heavy atom. The molecule has 1 N–H and O–H groups in total. The van der Waals surface area contributed by atoms with Gasteiger partial charge in [0.05, 0.1) is 44.8 Å². The Labute approximate surface area is 288 Å². The lowest BCUT2D eigenvalue weighted by Gasteiger charge is -2.26. The van der Waals surface area contributed by atoms with Crippen LogP contribution in [0.25, 0.3) is 6.08 Å². The molecule has 1 aliphatic heterocycles. The van der Waals surface area contributed by atoms with Crippen molar-refractivity contribution in [1.82, 2.24) is 4.57 Å². The predicted octanol–water partition coefficient (Wildman–Crippen LogP) is 5.48. The normalized spacial score (nSPS) is 14.4. The fourth-order valence-electron chi connectivity index (χ4n) is 5.17. The Kier molecular flexibility index (Phi) is 10.5. The summed E-state index contributed by atoms with van der Waals surface area (Å²) in [6, 6.07) is 16.7. The van der Waals surface area contributed by atoms with Crippen LogP contribution in [0.3, 0.4) is 0 Å². The molecule has 3 aromatic carbocycles. The molecule has 0 amide bonds. The van der Waals surface area contributed by atoms with Crippen LogP contribution in [0, 0.1) is 3.57 Å². The number of allylic oxidation sites excluding steroid dienone is 1. The van der Waals surface area contributed by atoms with Gasteiger partial charge in [-0.15, -0.1) is 0 Å². The number of fused-ring (bicyclic) bond motifs is 1. The van der Waals surface area contributed by atoms with Gasteiger partial charge in [-0.2, -0.15) is 0 Å². The summed E-state index contributed by atoms with van der Waals surface area (Å²) >= 11 is 3.38. The lowest BCUT2D eigenvalue weighted by molar-refractivity contribution is -0.139. The number of nitrogens with zero attached hydrogens (tertiary/aromatic N) is 2. The number of thiazole rings is 1. The fourth-order valence-corrected chi connectivity index (χ4v) is 6.99. The first-order valence-corrected chi connectivity index (χ1v) is 16.7. The number of carboxylic acid groups (broad SMARTS) is 1. The number of halogens is 1. The van der Waals surface area contributed by atoms with Crippen molar-refractivity contribution in [3.05, 3.63) is 117 Å². The van der Waals surface area contributed by atoms with E-state index in [9.17, 15) is 14.4 Å². The minimum Gasteiger partial charge on any atom is -0.493 e. The molecule has 1 aliphatic rings. The number of carbonyl (C=O) groups excluding carboxylic acids is 1. The molecule has 1 aromatic heterocycles. The third-order valence-electron chi connectivity index (χ3n) is 7.23. The van der Waals surface area contributed by atoms with E-state index in [0.29, 0.717) is 43.4 Å². The highest BCUT2D eigenvalue weighted by molar-refractivity contribution is 14.1. The van der Waals surface area contributed by atoms with E-state index in [4.69, 9.17) is 24.1 Å². The molecule has 0 spiro atoms. The Balaban J connectivity index is 1.57. The van der Waals surface area contributed by atoms with Gasteiger partial charge in [0.1, 0.15) is 18.4 Å². The molecule has 244 valence electrons. The molecule has 0 radical (unpaired) electrons. The summed E-state index contributed by atoms with van der Waals surface area (Å²) in [5, 5.41) is 9.15. The monoisotopic (exact) mass is 768 g/mol. The second-order valence-corrected chi connectivity index (χ2v) is 13.0.